The molecule has 0 spiro atoms. The summed E-state index contributed by atoms with van der Waals surface area (Å²) < 4.78 is 11.3. The molecule has 0 saturated carbocycles. The number of nitrogens with one attached hydrogen (secondary N) is 1. The third kappa shape index (κ3) is 4.80. The molecule has 0 aliphatic carbocycles. The van der Waals surface area contributed by atoms with Crippen molar-refractivity contribution in [3.8, 4) is 5.75 Å². The van der Waals surface area contributed by atoms with Crippen molar-refractivity contribution in [2.45, 2.75) is 72.3 Å². The summed E-state index contributed by atoms with van der Waals surface area (Å²) in [5.74, 6) is 1.14. The quantitative estimate of drug-likeness (QED) is 0.565. The second-order valence-corrected chi connectivity index (χ2v) is 7.05. The number of H-pyrrole nitrogens is 1. The summed E-state index contributed by atoms with van der Waals surface area (Å²) >= 11 is 0. The summed E-state index contributed by atoms with van der Waals surface area (Å²) in [6, 6.07) is 6.08. The second-order valence-electron chi connectivity index (χ2n) is 7.05. The van der Waals surface area contributed by atoms with Gasteiger partial charge in [0.05, 0.1) is 7.11 Å². The summed E-state index contributed by atoms with van der Waals surface area (Å²) in [6.07, 6.45) is 5.07. The van der Waals surface area contributed by atoms with Crippen LogP contribution in [0.5, 0.6) is 5.75 Å². The van der Waals surface area contributed by atoms with Crippen molar-refractivity contribution < 1.29 is 14.3 Å². The van der Waals surface area contributed by atoms with E-state index in [2.05, 4.69) is 38.7 Å². The Bertz CT molecular complexity index is 715. The number of aryl methyl sites for hydroxylation is 1. The third-order valence-corrected chi connectivity index (χ3v) is 5.32. The Morgan fingerprint density at radius 1 is 1.19 bits per heavy atom. The van der Waals surface area contributed by atoms with Crippen molar-refractivity contribution in [1.82, 2.24) is 4.98 Å². The Balaban J connectivity index is 2.30. The summed E-state index contributed by atoms with van der Waals surface area (Å²) in [4.78, 5) is 15.7. The van der Waals surface area contributed by atoms with Gasteiger partial charge in [-0.2, -0.15) is 0 Å². The van der Waals surface area contributed by atoms with Gasteiger partial charge in [0.2, 0.25) is 0 Å². The molecule has 1 heterocycles. The van der Waals surface area contributed by atoms with Gasteiger partial charge < -0.3 is 14.5 Å². The van der Waals surface area contributed by atoms with Crippen molar-refractivity contribution in [1.29, 1.82) is 0 Å². The van der Waals surface area contributed by atoms with Crippen LogP contribution in [-0.2, 0) is 16.0 Å². The number of fused-ring (bicyclic) bond motifs is 1. The van der Waals surface area contributed by atoms with E-state index >= 15 is 0 Å². The molecule has 26 heavy (non-hydrogen) atoms. The fraction of sp³-hybridized carbons (Fsp3) is 0.591. The Kier molecular flexibility index (Phi) is 7.55. The zero-order chi connectivity index (χ0) is 19.1. The first kappa shape index (κ1) is 20.3. The molecule has 2 rings (SSSR count). The molecule has 1 N–H and O–H groups in total. The van der Waals surface area contributed by atoms with Crippen LogP contribution in [0, 0.1) is 12.8 Å². The highest BCUT2D eigenvalue weighted by atomic mass is 16.5. The Morgan fingerprint density at radius 3 is 2.54 bits per heavy atom. The molecule has 2 aromatic rings. The van der Waals surface area contributed by atoms with Crippen LogP contribution in [-0.4, -0.2) is 24.2 Å². The number of unbranched alkanes of at least 4 members (excludes halogenated alkanes) is 1. The lowest BCUT2D eigenvalue weighted by atomic mass is 9.90. The van der Waals surface area contributed by atoms with Gasteiger partial charge in [-0.1, -0.05) is 27.2 Å². The van der Waals surface area contributed by atoms with Gasteiger partial charge in [-0.15, -0.1) is 0 Å². The third-order valence-electron chi connectivity index (χ3n) is 5.32. The van der Waals surface area contributed by atoms with Gasteiger partial charge in [0.1, 0.15) is 11.9 Å². The molecular formula is C22H33NO3. The number of esters is 1. The molecule has 0 aliphatic heterocycles. The molecule has 1 atom stereocenters. The minimum atomic E-state index is -0.0849. The molecule has 0 amide bonds. The second kappa shape index (κ2) is 9.65. The van der Waals surface area contributed by atoms with Crippen LogP contribution in [0.25, 0.3) is 10.9 Å². The summed E-state index contributed by atoms with van der Waals surface area (Å²) in [5.41, 5.74) is 3.45. The van der Waals surface area contributed by atoms with Crippen LogP contribution < -0.4 is 4.74 Å². The van der Waals surface area contributed by atoms with Crippen LogP contribution in [0.1, 0.15) is 64.1 Å². The topological polar surface area (TPSA) is 51.3 Å². The van der Waals surface area contributed by atoms with Crippen molar-refractivity contribution in [2.24, 2.45) is 5.92 Å². The number of carbonyl (C=O) groups is 1. The monoisotopic (exact) mass is 359 g/mol. The van der Waals surface area contributed by atoms with Crippen molar-refractivity contribution >= 4 is 16.9 Å². The van der Waals surface area contributed by atoms with Gasteiger partial charge in [0.15, 0.2) is 0 Å². The largest absolute Gasteiger partial charge is 0.497 e. The van der Waals surface area contributed by atoms with E-state index in [1.165, 1.54) is 5.56 Å². The molecule has 0 saturated heterocycles. The van der Waals surface area contributed by atoms with Crippen LogP contribution in [0.2, 0.25) is 0 Å². The van der Waals surface area contributed by atoms with Crippen LogP contribution in [0.3, 0.4) is 0 Å². The standard InChI is InChI=1S/C22H33NO3/c1-6-9-10-22(24)26-21(16(7-2)8-3)14-18-15(4)23-20-12-11-17(25-5)13-19(18)20/h11-13,16,21,23H,6-10,14H2,1-5H3. The molecule has 1 aromatic heterocycles. The SMILES string of the molecule is CCCCC(=O)OC(Cc1c(C)[nH]c2ccc(OC)cc12)C(CC)CC. The van der Waals surface area contributed by atoms with Crippen LogP contribution in [0.15, 0.2) is 18.2 Å². The average molecular weight is 360 g/mol. The van der Waals surface area contributed by atoms with E-state index in [0.717, 1.165) is 54.5 Å². The highest BCUT2D eigenvalue weighted by Crippen LogP contribution is 2.30. The average Bonchev–Trinajstić information content (AvgIpc) is 2.95. The van der Waals surface area contributed by atoms with Crippen LogP contribution >= 0.6 is 0 Å². The summed E-state index contributed by atoms with van der Waals surface area (Å²) in [7, 11) is 1.68. The fourth-order valence-electron chi connectivity index (χ4n) is 3.62. The van der Waals surface area contributed by atoms with E-state index in [-0.39, 0.29) is 12.1 Å². The van der Waals surface area contributed by atoms with E-state index in [1.807, 2.05) is 12.1 Å². The molecule has 1 unspecified atom stereocenters. The lowest BCUT2D eigenvalue weighted by Gasteiger charge is -2.26. The highest BCUT2D eigenvalue weighted by molar-refractivity contribution is 5.86. The van der Waals surface area contributed by atoms with E-state index in [0.29, 0.717) is 12.3 Å². The lowest BCUT2D eigenvalue weighted by molar-refractivity contribution is -0.152. The predicted octanol–water partition coefficient (Wildman–Crippen LogP) is 5.57. The van der Waals surface area contributed by atoms with Crippen LogP contribution in [0.4, 0.5) is 0 Å². The van der Waals surface area contributed by atoms with E-state index in [1.54, 1.807) is 7.11 Å². The maximum absolute atomic E-state index is 12.3. The van der Waals surface area contributed by atoms with Gasteiger partial charge in [0, 0.05) is 29.4 Å². The van der Waals surface area contributed by atoms with Gasteiger partial charge in [0.25, 0.3) is 0 Å². The summed E-state index contributed by atoms with van der Waals surface area (Å²) in [6.45, 7) is 8.53. The molecular weight excluding hydrogens is 326 g/mol. The number of hydrogen-bond donors (Lipinski definition) is 1. The first-order chi connectivity index (χ1) is 12.5. The minimum Gasteiger partial charge on any atom is -0.497 e. The normalized spacial score (nSPS) is 12.5. The zero-order valence-electron chi connectivity index (χ0n) is 16.9. The van der Waals surface area contributed by atoms with Crippen molar-refractivity contribution in [2.75, 3.05) is 7.11 Å². The lowest BCUT2D eigenvalue weighted by Crippen LogP contribution is -2.29. The first-order valence-electron chi connectivity index (χ1n) is 9.88. The number of aromatic amines is 1. The maximum atomic E-state index is 12.3. The molecule has 4 nitrogen and oxygen atoms in total. The number of rotatable bonds is 10. The molecule has 0 aliphatic rings. The molecule has 0 bridgehead atoms. The number of benzene rings is 1. The highest BCUT2D eigenvalue weighted by Gasteiger charge is 2.25. The molecule has 0 radical (unpaired) electrons. The first-order valence-corrected chi connectivity index (χ1v) is 9.88. The molecule has 4 heteroatoms. The van der Waals surface area contributed by atoms with Gasteiger partial charge in [-0.25, -0.2) is 0 Å². The van der Waals surface area contributed by atoms with E-state index in [4.69, 9.17) is 9.47 Å². The number of carbonyl (C=O) groups excluding carboxylic acids is 1. The number of aromatic nitrogens is 1. The predicted molar refractivity (Wildman–Crippen MR) is 107 cm³/mol. The van der Waals surface area contributed by atoms with Gasteiger partial charge in [-0.3, -0.25) is 4.79 Å². The number of methoxy groups -OCH3 is 1. The Morgan fingerprint density at radius 2 is 1.92 bits per heavy atom. The zero-order valence-corrected chi connectivity index (χ0v) is 16.9. The molecule has 144 valence electrons. The van der Waals surface area contributed by atoms with Gasteiger partial charge in [-0.05, 0) is 55.9 Å². The van der Waals surface area contributed by atoms with Gasteiger partial charge >= 0.3 is 5.97 Å². The Labute approximate surface area is 157 Å². The summed E-state index contributed by atoms with van der Waals surface area (Å²) in [5, 5.41) is 1.16. The fourth-order valence-corrected chi connectivity index (χ4v) is 3.62. The number of ether oxygens (including phenoxy) is 2. The smallest absolute Gasteiger partial charge is 0.306 e. The minimum absolute atomic E-state index is 0.0705. The number of hydrogen-bond acceptors (Lipinski definition) is 3. The van der Waals surface area contributed by atoms with Crippen molar-refractivity contribution in [3.63, 3.8) is 0 Å². The Hall–Kier alpha value is -1.97. The van der Waals surface area contributed by atoms with Crippen molar-refractivity contribution in [3.05, 3.63) is 29.5 Å². The maximum Gasteiger partial charge on any atom is 0.306 e. The van der Waals surface area contributed by atoms with E-state index in [9.17, 15) is 4.79 Å². The molecule has 1 aromatic carbocycles. The van der Waals surface area contributed by atoms with E-state index < -0.39 is 0 Å². The molecule has 0 fully saturated rings.